The van der Waals surface area contributed by atoms with Crippen LogP contribution < -0.4 is 5.73 Å². The Morgan fingerprint density at radius 2 is 1.75 bits per heavy atom. The van der Waals surface area contributed by atoms with Crippen LogP contribution in [-0.2, 0) is 20.9 Å². The summed E-state index contributed by atoms with van der Waals surface area (Å²) >= 11 is 0. The lowest BCUT2D eigenvalue weighted by atomic mass is 9.86. The van der Waals surface area contributed by atoms with Gasteiger partial charge in [0.2, 0.25) is 5.91 Å². The Hall–Kier alpha value is -2.19. The summed E-state index contributed by atoms with van der Waals surface area (Å²) in [6.45, 7) is 12.4. The van der Waals surface area contributed by atoms with Gasteiger partial charge in [0.15, 0.2) is 0 Å². The number of halogens is 1. The first kappa shape index (κ1) is 24.5. The molecular weight excluding hydrogens is 413 g/mol. The van der Waals surface area contributed by atoms with Gasteiger partial charge in [-0.3, -0.25) is 4.79 Å². The average Bonchev–Trinajstić information content (AvgIpc) is 3.25. The normalized spacial score (nSPS) is 24.4. The number of amides is 2. The van der Waals surface area contributed by atoms with Crippen molar-refractivity contribution in [2.24, 2.45) is 11.1 Å². The third-order valence-electron chi connectivity index (χ3n) is 6.07. The number of nitrogens with two attached hydrogens (primary N) is 1. The molecule has 0 saturated carbocycles. The summed E-state index contributed by atoms with van der Waals surface area (Å²) in [6.07, 6.45) is -0.158. The molecule has 0 aliphatic carbocycles. The highest BCUT2D eigenvalue weighted by Gasteiger charge is 2.54. The molecule has 1 unspecified atom stereocenters. The molecule has 2 heterocycles. The second-order valence-corrected chi connectivity index (χ2v) is 10.8. The molecule has 2 aliphatic rings. The van der Waals surface area contributed by atoms with Gasteiger partial charge < -0.3 is 25.0 Å². The summed E-state index contributed by atoms with van der Waals surface area (Å²) in [7, 11) is 0. The number of carbonyl (C=O) groups excluding carboxylic acids is 2. The van der Waals surface area contributed by atoms with Crippen molar-refractivity contribution in [3.8, 4) is 0 Å². The molecule has 8 heteroatoms. The fourth-order valence-electron chi connectivity index (χ4n) is 4.30. The van der Waals surface area contributed by atoms with Crippen LogP contribution in [0.4, 0.5) is 9.18 Å². The van der Waals surface area contributed by atoms with Crippen LogP contribution in [0.1, 0.15) is 53.5 Å². The van der Waals surface area contributed by atoms with Crippen LogP contribution in [0.3, 0.4) is 0 Å². The highest BCUT2D eigenvalue weighted by Crippen LogP contribution is 2.36. The van der Waals surface area contributed by atoms with E-state index < -0.39 is 23.8 Å². The lowest BCUT2D eigenvalue weighted by Gasteiger charge is -2.34. The van der Waals surface area contributed by atoms with E-state index in [9.17, 15) is 14.0 Å². The molecule has 178 valence electrons. The van der Waals surface area contributed by atoms with Gasteiger partial charge in [-0.25, -0.2) is 9.18 Å². The minimum Gasteiger partial charge on any atom is -0.444 e. The molecule has 2 fully saturated rings. The zero-order valence-corrected chi connectivity index (χ0v) is 19.9. The molecule has 7 nitrogen and oxygen atoms in total. The minimum absolute atomic E-state index is 0.133. The summed E-state index contributed by atoms with van der Waals surface area (Å²) in [6, 6.07) is 4.95. The lowest BCUT2D eigenvalue weighted by Crippen LogP contribution is -2.55. The van der Waals surface area contributed by atoms with Crippen molar-refractivity contribution < 1.29 is 23.5 Å². The smallest absolute Gasteiger partial charge is 0.410 e. The average molecular weight is 450 g/mol. The number of fused-ring (bicyclic) bond motifs is 1. The van der Waals surface area contributed by atoms with E-state index in [1.165, 1.54) is 12.1 Å². The predicted octanol–water partition coefficient (Wildman–Crippen LogP) is 3.30. The van der Waals surface area contributed by atoms with Crippen LogP contribution in [0.2, 0.25) is 0 Å². The number of nitrogens with zero attached hydrogens (tertiary/aromatic N) is 2. The van der Waals surface area contributed by atoms with Crippen molar-refractivity contribution >= 4 is 12.0 Å². The molecule has 1 aromatic rings. The quantitative estimate of drug-likeness (QED) is 0.762. The van der Waals surface area contributed by atoms with Gasteiger partial charge in [-0.15, -0.1) is 0 Å². The molecule has 2 amide bonds. The number of ether oxygens (including phenoxy) is 2. The topological polar surface area (TPSA) is 85.1 Å². The van der Waals surface area contributed by atoms with Crippen LogP contribution in [0.5, 0.6) is 0 Å². The largest absolute Gasteiger partial charge is 0.444 e. The van der Waals surface area contributed by atoms with Gasteiger partial charge in [0, 0.05) is 6.54 Å². The Bertz CT molecular complexity index is 831. The molecule has 0 radical (unpaired) electrons. The monoisotopic (exact) mass is 449 g/mol. The maximum atomic E-state index is 13.3. The second kappa shape index (κ2) is 8.98. The number of hydrogen-bond donors (Lipinski definition) is 1. The predicted molar refractivity (Wildman–Crippen MR) is 119 cm³/mol. The molecule has 3 rings (SSSR count). The molecule has 4 atom stereocenters. The first-order valence-electron chi connectivity index (χ1n) is 11.2. The van der Waals surface area contributed by atoms with Crippen LogP contribution in [-0.4, -0.2) is 64.7 Å². The Morgan fingerprint density at radius 1 is 1.12 bits per heavy atom. The van der Waals surface area contributed by atoms with E-state index in [-0.39, 0.29) is 35.8 Å². The summed E-state index contributed by atoms with van der Waals surface area (Å²) < 4.78 is 25.0. The van der Waals surface area contributed by atoms with Crippen LogP contribution in [0.15, 0.2) is 24.3 Å². The summed E-state index contributed by atoms with van der Waals surface area (Å²) in [5.41, 5.74) is 6.10. The van der Waals surface area contributed by atoms with Gasteiger partial charge in [-0.1, -0.05) is 32.9 Å². The Morgan fingerprint density at radius 3 is 2.31 bits per heavy atom. The van der Waals surface area contributed by atoms with Crippen molar-refractivity contribution in [1.29, 1.82) is 0 Å². The number of rotatable bonds is 4. The first-order valence-corrected chi connectivity index (χ1v) is 11.2. The van der Waals surface area contributed by atoms with Gasteiger partial charge in [0.25, 0.3) is 0 Å². The van der Waals surface area contributed by atoms with E-state index in [1.807, 2.05) is 41.5 Å². The van der Waals surface area contributed by atoms with E-state index >= 15 is 0 Å². The van der Waals surface area contributed by atoms with E-state index in [2.05, 4.69) is 0 Å². The number of hydrogen-bond acceptors (Lipinski definition) is 5. The van der Waals surface area contributed by atoms with Crippen LogP contribution >= 0.6 is 0 Å². The van der Waals surface area contributed by atoms with E-state index in [1.54, 1.807) is 21.9 Å². The Labute approximate surface area is 190 Å². The molecule has 2 saturated heterocycles. The summed E-state index contributed by atoms with van der Waals surface area (Å²) in [5, 5.41) is 0. The molecule has 2 aliphatic heterocycles. The lowest BCUT2D eigenvalue weighted by molar-refractivity contribution is -0.138. The first-order chi connectivity index (χ1) is 14.8. The standard InChI is InChI=1S/C24H36FN3O4/c1-23(2,3)20(26)21(29)27-12-11-17-19(27)18(13-28(17)22(30)32-24(4,5)6)31-14-15-7-9-16(25)10-8-15/h7-10,17-20H,11-14,26H2,1-6H3/t17-,18+,19+,20?/m1/s1. The molecule has 1 aromatic carbocycles. The molecule has 2 N–H and O–H groups in total. The SMILES string of the molecule is CC(C)(C)OC(=O)N1C[C@H](OCc2ccc(F)cc2)[C@@H]2[C@H]1CCN2C(=O)C(N)C(C)(C)C. The van der Waals surface area contributed by atoms with Gasteiger partial charge in [0.1, 0.15) is 11.4 Å². The minimum atomic E-state index is -0.658. The highest BCUT2D eigenvalue weighted by atomic mass is 19.1. The molecule has 32 heavy (non-hydrogen) atoms. The molecule has 0 bridgehead atoms. The number of benzene rings is 1. The maximum absolute atomic E-state index is 13.3. The Balaban J connectivity index is 1.81. The fraction of sp³-hybridized carbons (Fsp3) is 0.667. The van der Waals surface area contributed by atoms with Crippen molar-refractivity contribution in [2.75, 3.05) is 13.1 Å². The van der Waals surface area contributed by atoms with E-state index in [4.69, 9.17) is 15.2 Å². The zero-order chi connectivity index (χ0) is 23.8. The number of carbonyl (C=O) groups is 2. The van der Waals surface area contributed by atoms with Gasteiger partial charge in [-0.2, -0.15) is 0 Å². The van der Waals surface area contributed by atoms with Gasteiger partial charge >= 0.3 is 6.09 Å². The van der Waals surface area contributed by atoms with Crippen LogP contribution in [0.25, 0.3) is 0 Å². The second-order valence-electron chi connectivity index (χ2n) is 10.8. The van der Waals surface area contributed by atoms with Crippen molar-refractivity contribution in [2.45, 2.75) is 84.4 Å². The summed E-state index contributed by atoms with van der Waals surface area (Å²) in [5.74, 6) is -0.444. The third kappa shape index (κ3) is 5.41. The third-order valence-corrected chi connectivity index (χ3v) is 6.07. The maximum Gasteiger partial charge on any atom is 0.410 e. The zero-order valence-electron chi connectivity index (χ0n) is 19.9. The molecule has 0 spiro atoms. The van der Waals surface area contributed by atoms with Crippen molar-refractivity contribution in [1.82, 2.24) is 9.80 Å². The van der Waals surface area contributed by atoms with Gasteiger partial charge in [0.05, 0.1) is 37.4 Å². The van der Waals surface area contributed by atoms with Gasteiger partial charge in [-0.05, 0) is 50.3 Å². The fourth-order valence-corrected chi connectivity index (χ4v) is 4.30. The van der Waals surface area contributed by atoms with E-state index in [0.717, 1.165) is 5.56 Å². The van der Waals surface area contributed by atoms with E-state index in [0.29, 0.717) is 19.5 Å². The van der Waals surface area contributed by atoms with Crippen molar-refractivity contribution in [3.05, 3.63) is 35.6 Å². The van der Waals surface area contributed by atoms with Crippen LogP contribution in [0, 0.1) is 11.2 Å². The Kier molecular flexibility index (Phi) is 6.86. The summed E-state index contributed by atoms with van der Waals surface area (Å²) in [4.78, 5) is 29.6. The number of likely N-dealkylation sites (tertiary alicyclic amines) is 2. The van der Waals surface area contributed by atoms with Crippen molar-refractivity contribution in [3.63, 3.8) is 0 Å². The molecular formula is C24H36FN3O4. The molecule has 0 aromatic heterocycles. The highest BCUT2D eigenvalue weighted by molar-refractivity contribution is 5.83.